The van der Waals surface area contributed by atoms with Crippen LogP contribution in [0.15, 0.2) is 18.2 Å². The largest absolute Gasteiger partial charge is 0.393 e. The number of halogens is 1. The van der Waals surface area contributed by atoms with Gasteiger partial charge in [0.15, 0.2) is 0 Å². The van der Waals surface area contributed by atoms with Crippen LogP contribution >= 0.6 is 11.6 Å². The van der Waals surface area contributed by atoms with E-state index in [-0.39, 0.29) is 22.9 Å². The second-order valence-corrected chi connectivity index (χ2v) is 4.27. The predicted molar refractivity (Wildman–Crippen MR) is 60.8 cm³/mol. The number of hydrogen-bond donors (Lipinski definition) is 2. The molecule has 0 unspecified atom stereocenters. The maximum Gasteiger partial charge on any atom is 0.310 e. The molecular formula is C10H11ClN2O3. The van der Waals surface area contributed by atoms with E-state index in [2.05, 4.69) is 5.32 Å². The highest BCUT2D eigenvalue weighted by atomic mass is 35.5. The number of para-hydroxylation sites is 1. The first-order valence-electron chi connectivity index (χ1n) is 4.95. The van der Waals surface area contributed by atoms with Crippen LogP contribution in [0, 0.1) is 10.1 Å². The Hall–Kier alpha value is -1.33. The summed E-state index contributed by atoms with van der Waals surface area (Å²) in [7, 11) is 0. The monoisotopic (exact) mass is 242 g/mol. The quantitative estimate of drug-likeness (QED) is 0.629. The van der Waals surface area contributed by atoms with Crippen molar-refractivity contribution in [3.05, 3.63) is 33.3 Å². The fourth-order valence-corrected chi connectivity index (χ4v) is 1.99. The van der Waals surface area contributed by atoms with Gasteiger partial charge in [0.05, 0.1) is 11.0 Å². The zero-order chi connectivity index (χ0) is 11.7. The summed E-state index contributed by atoms with van der Waals surface area (Å²) in [5, 5.41) is 23.1. The van der Waals surface area contributed by atoms with Crippen LogP contribution in [0.5, 0.6) is 0 Å². The van der Waals surface area contributed by atoms with Crippen LogP contribution in [0.2, 0.25) is 5.02 Å². The van der Waals surface area contributed by atoms with Crippen LogP contribution in [0.4, 0.5) is 11.4 Å². The summed E-state index contributed by atoms with van der Waals surface area (Å²) in [4.78, 5) is 10.3. The third kappa shape index (κ3) is 2.10. The zero-order valence-corrected chi connectivity index (χ0v) is 9.15. The number of rotatable bonds is 3. The highest BCUT2D eigenvalue weighted by Gasteiger charge is 2.29. The molecule has 0 amide bonds. The van der Waals surface area contributed by atoms with Crippen molar-refractivity contribution in [2.45, 2.75) is 25.0 Å². The molecule has 0 saturated heterocycles. The van der Waals surface area contributed by atoms with Crippen LogP contribution in [-0.4, -0.2) is 22.2 Å². The van der Waals surface area contributed by atoms with Gasteiger partial charge in [0.25, 0.3) is 0 Å². The molecule has 1 aromatic rings. The molecule has 0 aliphatic heterocycles. The molecule has 1 aromatic carbocycles. The number of anilines is 1. The summed E-state index contributed by atoms with van der Waals surface area (Å²) in [5.41, 5.74) is 0.306. The third-order valence-corrected chi connectivity index (χ3v) is 2.95. The molecule has 2 rings (SSSR count). The lowest BCUT2D eigenvalue weighted by atomic mass is 9.89. The van der Waals surface area contributed by atoms with E-state index < -0.39 is 4.92 Å². The topological polar surface area (TPSA) is 75.4 Å². The van der Waals surface area contributed by atoms with Crippen molar-refractivity contribution in [2.75, 3.05) is 5.32 Å². The lowest BCUT2D eigenvalue weighted by molar-refractivity contribution is -0.383. The molecule has 16 heavy (non-hydrogen) atoms. The number of benzene rings is 1. The Morgan fingerprint density at radius 1 is 1.50 bits per heavy atom. The van der Waals surface area contributed by atoms with E-state index in [4.69, 9.17) is 16.7 Å². The van der Waals surface area contributed by atoms with Crippen LogP contribution in [-0.2, 0) is 0 Å². The molecule has 0 radical (unpaired) electrons. The second-order valence-electron chi connectivity index (χ2n) is 3.86. The van der Waals surface area contributed by atoms with Gasteiger partial charge in [-0.2, -0.15) is 0 Å². The van der Waals surface area contributed by atoms with E-state index in [1.807, 2.05) is 0 Å². The maximum absolute atomic E-state index is 10.8. The van der Waals surface area contributed by atoms with E-state index in [0.717, 1.165) is 0 Å². The maximum atomic E-state index is 10.8. The summed E-state index contributed by atoms with van der Waals surface area (Å²) in [6.07, 6.45) is 0.934. The molecule has 1 fully saturated rings. The van der Waals surface area contributed by atoms with Crippen molar-refractivity contribution < 1.29 is 10.0 Å². The molecule has 6 heteroatoms. The SMILES string of the molecule is O=[N+]([O-])c1c(Cl)cccc1NC1CC(O)C1. The Morgan fingerprint density at radius 2 is 2.19 bits per heavy atom. The fourth-order valence-electron chi connectivity index (χ4n) is 1.74. The predicted octanol–water partition coefficient (Wildman–Crippen LogP) is 2.18. The molecule has 0 heterocycles. The minimum absolute atomic E-state index is 0.0900. The summed E-state index contributed by atoms with van der Waals surface area (Å²) in [6.45, 7) is 0. The van der Waals surface area contributed by atoms with Crippen molar-refractivity contribution >= 4 is 23.0 Å². The van der Waals surface area contributed by atoms with Crippen molar-refractivity contribution in [3.8, 4) is 0 Å². The molecule has 5 nitrogen and oxygen atoms in total. The van der Waals surface area contributed by atoms with Gasteiger partial charge in [0, 0.05) is 6.04 Å². The van der Waals surface area contributed by atoms with Gasteiger partial charge >= 0.3 is 5.69 Å². The van der Waals surface area contributed by atoms with Crippen LogP contribution in [0.3, 0.4) is 0 Å². The Balaban J connectivity index is 2.19. The number of aliphatic hydroxyl groups is 1. The molecule has 1 aliphatic carbocycles. The molecule has 1 aliphatic rings. The first-order chi connectivity index (χ1) is 7.58. The van der Waals surface area contributed by atoms with Gasteiger partial charge in [-0.1, -0.05) is 17.7 Å². The van der Waals surface area contributed by atoms with Gasteiger partial charge in [-0.05, 0) is 25.0 Å². The lowest BCUT2D eigenvalue weighted by Crippen LogP contribution is -2.39. The number of nitro benzene ring substituents is 1. The lowest BCUT2D eigenvalue weighted by Gasteiger charge is -2.32. The van der Waals surface area contributed by atoms with Crippen molar-refractivity contribution in [3.63, 3.8) is 0 Å². The molecule has 2 N–H and O–H groups in total. The standard InChI is InChI=1S/C10H11ClN2O3/c11-8-2-1-3-9(10(8)13(15)16)12-6-4-7(14)5-6/h1-3,6-7,12,14H,4-5H2. The van der Waals surface area contributed by atoms with E-state index in [9.17, 15) is 10.1 Å². The third-order valence-electron chi connectivity index (χ3n) is 2.64. The number of nitrogens with zero attached hydrogens (tertiary/aromatic N) is 1. The molecular weight excluding hydrogens is 232 g/mol. The van der Waals surface area contributed by atoms with E-state index in [1.165, 1.54) is 6.07 Å². The first kappa shape index (κ1) is 11.2. The minimum Gasteiger partial charge on any atom is -0.393 e. The summed E-state index contributed by atoms with van der Waals surface area (Å²) in [6, 6.07) is 4.86. The van der Waals surface area contributed by atoms with E-state index >= 15 is 0 Å². The van der Waals surface area contributed by atoms with Crippen molar-refractivity contribution in [2.24, 2.45) is 0 Å². The van der Waals surface area contributed by atoms with E-state index in [1.54, 1.807) is 12.1 Å². The van der Waals surface area contributed by atoms with Gasteiger partial charge < -0.3 is 10.4 Å². The Morgan fingerprint density at radius 3 is 2.75 bits per heavy atom. The smallest absolute Gasteiger partial charge is 0.310 e. The molecule has 86 valence electrons. The average Bonchev–Trinajstić information content (AvgIpc) is 2.14. The minimum atomic E-state index is -0.500. The summed E-state index contributed by atoms with van der Waals surface area (Å²) in [5.74, 6) is 0. The van der Waals surface area contributed by atoms with Gasteiger partial charge in [-0.3, -0.25) is 10.1 Å². The molecule has 1 saturated carbocycles. The summed E-state index contributed by atoms with van der Waals surface area (Å²) < 4.78 is 0. The Bertz CT molecular complexity index is 419. The molecule has 0 atom stereocenters. The second kappa shape index (κ2) is 4.27. The highest BCUT2D eigenvalue weighted by molar-refractivity contribution is 6.33. The average molecular weight is 243 g/mol. The van der Waals surface area contributed by atoms with Gasteiger partial charge in [0.1, 0.15) is 10.7 Å². The molecule has 0 bridgehead atoms. The highest BCUT2D eigenvalue weighted by Crippen LogP contribution is 2.34. The van der Waals surface area contributed by atoms with Crippen molar-refractivity contribution in [1.82, 2.24) is 0 Å². The normalized spacial score (nSPS) is 23.6. The number of aliphatic hydroxyl groups excluding tert-OH is 1. The fraction of sp³-hybridized carbons (Fsp3) is 0.400. The molecule has 0 aromatic heterocycles. The van der Waals surface area contributed by atoms with Gasteiger partial charge in [0.2, 0.25) is 0 Å². The van der Waals surface area contributed by atoms with Gasteiger partial charge in [-0.25, -0.2) is 0 Å². The van der Waals surface area contributed by atoms with Crippen LogP contribution in [0.1, 0.15) is 12.8 Å². The first-order valence-corrected chi connectivity index (χ1v) is 5.33. The Kier molecular flexibility index (Phi) is 2.98. The summed E-state index contributed by atoms with van der Waals surface area (Å²) >= 11 is 5.77. The van der Waals surface area contributed by atoms with Crippen molar-refractivity contribution in [1.29, 1.82) is 0 Å². The van der Waals surface area contributed by atoms with Crippen LogP contribution in [0.25, 0.3) is 0 Å². The number of hydrogen-bond acceptors (Lipinski definition) is 4. The van der Waals surface area contributed by atoms with Crippen LogP contribution < -0.4 is 5.32 Å². The molecule has 0 spiro atoms. The van der Waals surface area contributed by atoms with Gasteiger partial charge in [-0.15, -0.1) is 0 Å². The number of nitro groups is 1. The Labute approximate surface area is 97.2 Å². The van der Waals surface area contributed by atoms with E-state index in [0.29, 0.717) is 18.5 Å². The number of nitrogens with one attached hydrogen (secondary N) is 1. The zero-order valence-electron chi connectivity index (χ0n) is 8.39.